The molecule has 5 rings (SSSR count). The summed E-state index contributed by atoms with van der Waals surface area (Å²) in [6.07, 6.45) is 7.91. The highest BCUT2D eigenvalue weighted by atomic mass is 16.3. The predicted octanol–water partition coefficient (Wildman–Crippen LogP) is 3.88. The monoisotopic (exact) mass is 362 g/mol. The largest absolute Gasteiger partial charge is 0.456 e. The number of rotatable bonds is 4. The molecule has 1 aliphatic rings. The standard InChI is InChI=1S/C21H22N4O2/c26-12-9-16-6-3-4-11-24(16)20-8-10-22-21-17(14-23-25(20)21)19-13-15-5-1-2-7-18(15)27-19/h1-2,5,7-8,10,13-14,16,26H,3-4,6,9,11-12H2. The third-order valence-electron chi connectivity index (χ3n) is 5.46. The van der Waals surface area contributed by atoms with Gasteiger partial charge in [-0.3, -0.25) is 0 Å². The van der Waals surface area contributed by atoms with Crippen LogP contribution in [0.5, 0.6) is 0 Å². The number of fused-ring (bicyclic) bond motifs is 2. The maximum absolute atomic E-state index is 9.44. The third kappa shape index (κ3) is 2.77. The van der Waals surface area contributed by atoms with Crippen LogP contribution in [-0.2, 0) is 0 Å². The highest BCUT2D eigenvalue weighted by Crippen LogP contribution is 2.32. The summed E-state index contributed by atoms with van der Waals surface area (Å²) < 4.78 is 7.93. The first-order chi connectivity index (χ1) is 13.3. The average Bonchev–Trinajstić information content (AvgIpc) is 3.32. The number of hydrogen-bond acceptors (Lipinski definition) is 5. The molecule has 4 aromatic rings. The van der Waals surface area contributed by atoms with Gasteiger partial charge in [0.2, 0.25) is 0 Å². The van der Waals surface area contributed by atoms with E-state index in [1.165, 1.54) is 6.42 Å². The van der Waals surface area contributed by atoms with Gasteiger partial charge in [0.05, 0.1) is 11.8 Å². The summed E-state index contributed by atoms with van der Waals surface area (Å²) >= 11 is 0. The van der Waals surface area contributed by atoms with Gasteiger partial charge in [-0.15, -0.1) is 0 Å². The van der Waals surface area contributed by atoms with Crippen LogP contribution >= 0.6 is 0 Å². The molecule has 6 nitrogen and oxygen atoms in total. The number of nitrogens with zero attached hydrogens (tertiary/aromatic N) is 4. The fourth-order valence-corrected chi connectivity index (χ4v) is 4.14. The van der Waals surface area contributed by atoms with Crippen molar-refractivity contribution in [3.8, 4) is 11.3 Å². The number of anilines is 1. The fraction of sp³-hybridized carbons (Fsp3) is 0.333. The molecule has 6 heteroatoms. The van der Waals surface area contributed by atoms with E-state index in [1.54, 1.807) is 0 Å². The minimum Gasteiger partial charge on any atom is -0.456 e. The normalized spacial score (nSPS) is 17.8. The molecule has 1 aromatic carbocycles. The van der Waals surface area contributed by atoms with Crippen LogP contribution in [0.15, 0.2) is 53.2 Å². The van der Waals surface area contributed by atoms with E-state index in [1.807, 2.05) is 53.3 Å². The zero-order chi connectivity index (χ0) is 18.2. The van der Waals surface area contributed by atoms with Crippen molar-refractivity contribution in [2.24, 2.45) is 0 Å². The van der Waals surface area contributed by atoms with Gasteiger partial charge in [-0.05, 0) is 43.9 Å². The second-order valence-corrected chi connectivity index (χ2v) is 7.10. The van der Waals surface area contributed by atoms with E-state index in [9.17, 15) is 5.11 Å². The van der Waals surface area contributed by atoms with Crippen molar-refractivity contribution in [2.75, 3.05) is 18.1 Å². The van der Waals surface area contributed by atoms with E-state index in [0.29, 0.717) is 6.04 Å². The third-order valence-corrected chi connectivity index (χ3v) is 5.46. The van der Waals surface area contributed by atoms with Gasteiger partial charge in [-0.1, -0.05) is 18.2 Å². The van der Waals surface area contributed by atoms with Gasteiger partial charge < -0.3 is 14.4 Å². The lowest BCUT2D eigenvalue weighted by molar-refractivity contribution is 0.262. The Morgan fingerprint density at radius 3 is 3.00 bits per heavy atom. The molecule has 1 unspecified atom stereocenters. The van der Waals surface area contributed by atoms with E-state index >= 15 is 0 Å². The zero-order valence-corrected chi connectivity index (χ0v) is 15.1. The first kappa shape index (κ1) is 16.3. The smallest absolute Gasteiger partial charge is 0.168 e. The molecule has 0 spiro atoms. The molecule has 3 aromatic heterocycles. The van der Waals surface area contributed by atoms with Gasteiger partial charge >= 0.3 is 0 Å². The molecule has 0 radical (unpaired) electrons. The van der Waals surface area contributed by atoms with E-state index < -0.39 is 0 Å². The minimum absolute atomic E-state index is 0.207. The number of aliphatic hydroxyl groups is 1. The first-order valence-electron chi connectivity index (χ1n) is 9.54. The van der Waals surface area contributed by atoms with Crippen LogP contribution in [0.2, 0.25) is 0 Å². The van der Waals surface area contributed by atoms with Gasteiger partial charge in [0.25, 0.3) is 0 Å². The Kier molecular flexibility index (Phi) is 4.05. The lowest BCUT2D eigenvalue weighted by Crippen LogP contribution is -2.41. The lowest BCUT2D eigenvalue weighted by Gasteiger charge is -2.37. The van der Waals surface area contributed by atoms with Crippen LogP contribution < -0.4 is 4.90 Å². The predicted molar refractivity (Wildman–Crippen MR) is 105 cm³/mol. The van der Waals surface area contributed by atoms with Crippen molar-refractivity contribution < 1.29 is 9.52 Å². The molecule has 0 aliphatic carbocycles. The van der Waals surface area contributed by atoms with E-state index in [4.69, 9.17) is 4.42 Å². The average molecular weight is 362 g/mol. The Bertz CT molecular complexity index is 1050. The molecule has 1 fully saturated rings. The van der Waals surface area contributed by atoms with Gasteiger partial charge in [-0.25, -0.2) is 4.98 Å². The maximum atomic E-state index is 9.44. The zero-order valence-electron chi connectivity index (χ0n) is 15.1. The summed E-state index contributed by atoms with van der Waals surface area (Å²) in [4.78, 5) is 6.94. The van der Waals surface area contributed by atoms with Crippen molar-refractivity contribution in [2.45, 2.75) is 31.7 Å². The van der Waals surface area contributed by atoms with Crippen molar-refractivity contribution >= 4 is 22.4 Å². The van der Waals surface area contributed by atoms with Gasteiger partial charge in [-0.2, -0.15) is 9.61 Å². The van der Waals surface area contributed by atoms with Crippen molar-refractivity contribution in [1.29, 1.82) is 0 Å². The summed E-state index contributed by atoms with van der Waals surface area (Å²) in [5, 5.41) is 15.1. The topological polar surface area (TPSA) is 66.8 Å². The van der Waals surface area contributed by atoms with Crippen LogP contribution in [0.4, 0.5) is 5.82 Å². The molecular formula is C21H22N4O2. The Labute approximate surface area is 157 Å². The number of benzene rings is 1. The van der Waals surface area contributed by atoms with Gasteiger partial charge in [0, 0.05) is 30.8 Å². The van der Waals surface area contributed by atoms with Crippen LogP contribution in [-0.4, -0.2) is 38.9 Å². The number of aromatic nitrogens is 3. The molecule has 0 bridgehead atoms. The number of para-hydroxylation sites is 1. The maximum Gasteiger partial charge on any atom is 0.168 e. The molecular weight excluding hydrogens is 340 g/mol. The van der Waals surface area contributed by atoms with Crippen molar-refractivity contribution in [3.63, 3.8) is 0 Å². The minimum atomic E-state index is 0.207. The lowest BCUT2D eigenvalue weighted by atomic mass is 10.00. The number of hydrogen-bond donors (Lipinski definition) is 1. The molecule has 1 aliphatic heterocycles. The van der Waals surface area contributed by atoms with Gasteiger partial charge in [0.15, 0.2) is 5.65 Å². The quantitative estimate of drug-likeness (QED) is 0.597. The number of piperidine rings is 1. The van der Waals surface area contributed by atoms with Crippen molar-refractivity contribution in [3.05, 3.63) is 48.8 Å². The van der Waals surface area contributed by atoms with Crippen LogP contribution in [0.3, 0.4) is 0 Å². The molecule has 27 heavy (non-hydrogen) atoms. The summed E-state index contributed by atoms with van der Waals surface area (Å²) in [6.45, 7) is 1.18. The molecule has 4 heterocycles. The molecule has 1 atom stereocenters. The highest BCUT2D eigenvalue weighted by Gasteiger charge is 2.25. The summed E-state index contributed by atoms with van der Waals surface area (Å²) in [6, 6.07) is 12.4. The first-order valence-corrected chi connectivity index (χ1v) is 9.54. The fourth-order valence-electron chi connectivity index (χ4n) is 4.14. The molecule has 1 saturated heterocycles. The van der Waals surface area contributed by atoms with E-state index in [2.05, 4.69) is 15.0 Å². The molecule has 0 saturated carbocycles. The van der Waals surface area contributed by atoms with Crippen LogP contribution in [0.25, 0.3) is 27.9 Å². The van der Waals surface area contributed by atoms with Crippen molar-refractivity contribution in [1.82, 2.24) is 14.6 Å². The Hall–Kier alpha value is -2.86. The van der Waals surface area contributed by atoms with Crippen LogP contribution in [0, 0.1) is 0 Å². The number of furan rings is 1. The number of aliphatic hydroxyl groups excluding tert-OH is 1. The summed E-state index contributed by atoms with van der Waals surface area (Å²) in [5.74, 6) is 1.81. The highest BCUT2D eigenvalue weighted by molar-refractivity contribution is 5.86. The van der Waals surface area contributed by atoms with Gasteiger partial charge in [0.1, 0.15) is 17.2 Å². The SMILES string of the molecule is OCCC1CCCCN1c1ccnc2c(-c3cc4ccccc4o3)cnn12. The van der Waals surface area contributed by atoms with E-state index in [0.717, 1.165) is 59.6 Å². The summed E-state index contributed by atoms with van der Waals surface area (Å²) in [7, 11) is 0. The van der Waals surface area contributed by atoms with Crippen LogP contribution in [0.1, 0.15) is 25.7 Å². The molecule has 0 amide bonds. The summed E-state index contributed by atoms with van der Waals surface area (Å²) in [5.41, 5.74) is 2.55. The van der Waals surface area contributed by atoms with E-state index in [-0.39, 0.29) is 6.61 Å². The second-order valence-electron chi connectivity index (χ2n) is 7.10. The Morgan fingerprint density at radius 1 is 1.19 bits per heavy atom. The molecule has 138 valence electrons. The second kappa shape index (κ2) is 6.70. The molecule has 1 N–H and O–H groups in total. The Balaban J connectivity index is 1.60. The Morgan fingerprint density at radius 2 is 2.11 bits per heavy atom.